The van der Waals surface area contributed by atoms with Crippen molar-refractivity contribution in [3.05, 3.63) is 23.5 Å². The first-order chi connectivity index (χ1) is 5.27. The molecule has 0 bridgehead atoms. The molecule has 0 amide bonds. The van der Waals surface area contributed by atoms with E-state index in [0.29, 0.717) is 0 Å². The molecule has 0 saturated carbocycles. The molecule has 0 radical (unpaired) electrons. The normalized spacial score (nSPS) is 8.27. The lowest BCUT2D eigenvalue weighted by atomic mass is 10.4. The molecule has 5 heteroatoms. The molecule has 1 rings (SSSR count). The van der Waals surface area contributed by atoms with Crippen LogP contribution in [0.2, 0.25) is 0 Å². The second-order valence-electron chi connectivity index (χ2n) is 1.61. The highest BCUT2D eigenvalue weighted by atomic mass is 19.1. The van der Waals surface area contributed by atoms with Gasteiger partial charge in [0.1, 0.15) is 12.1 Å². The van der Waals surface area contributed by atoms with E-state index in [0.717, 1.165) is 6.20 Å². The number of hydrogen-bond acceptors (Lipinski definition) is 4. The Morgan fingerprint density at radius 3 is 2.64 bits per heavy atom. The Morgan fingerprint density at radius 1 is 1.36 bits per heavy atom. The van der Waals surface area contributed by atoms with Gasteiger partial charge in [-0.1, -0.05) is 0 Å². The summed E-state index contributed by atoms with van der Waals surface area (Å²) in [6.45, 7) is 0. The lowest BCUT2D eigenvalue weighted by Gasteiger charge is -1.89. The van der Waals surface area contributed by atoms with Crippen molar-refractivity contribution in [1.82, 2.24) is 9.97 Å². The summed E-state index contributed by atoms with van der Waals surface area (Å²) in [6.07, 6.45) is 0.796. The molecular formula is C6HFN4. The summed E-state index contributed by atoms with van der Waals surface area (Å²) in [7, 11) is 0. The Bertz CT molecular complexity index is 360. The van der Waals surface area contributed by atoms with Gasteiger partial charge in [-0.15, -0.1) is 0 Å². The van der Waals surface area contributed by atoms with E-state index in [-0.39, 0.29) is 5.82 Å². The lowest BCUT2D eigenvalue weighted by molar-refractivity contribution is 0.607. The van der Waals surface area contributed by atoms with Crippen molar-refractivity contribution in [3.63, 3.8) is 0 Å². The average Bonchev–Trinajstić information content (AvgIpc) is 2.05. The van der Waals surface area contributed by atoms with Crippen molar-refractivity contribution in [2.45, 2.75) is 0 Å². The van der Waals surface area contributed by atoms with E-state index in [1.165, 1.54) is 6.07 Å². The number of rotatable bonds is 0. The molecule has 52 valence electrons. The van der Waals surface area contributed by atoms with Gasteiger partial charge in [0.05, 0.1) is 6.20 Å². The van der Waals surface area contributed by atoms with E-state index in [1.807, 2.05) is 0 Å². The Hall–Kier alpha value is -2.01. The molecular weight excluding hydrogens is 147 g/mol. The summed E-state index contributed by atoms with van der Waals surface area (Å²) in [6, 6.07) is 3.08. The third-order valence-electron chi connectivity index (χ3n) is 0.950. The molecule has 1 heterocycles. The number of nitriles is 2. The topological polar surface area (TPSA) is 73.4 Å². The van der Waals surface area contributed by atoms with Crippen LogP contribution in [0.5, 0.6) is 0 Å². The summed E-state index contributed by atoms with van der Waals surface area (Å²) in [4.78, 5) is 6.61. The molecule has 11 heavy (non-hydrogen) atoms. The Labute approximate surface area is 61.6 Å². The third kappa shape index (κ3) is 1.28. The fraction of sp³-hybridized carbons (Fsp3) is 0. The molecule has 0 atom stereocenters. The average molecular weight is 148 g/mol. The van der Waals surface area contributed by atoms with Crippen molar-refractivity contribution in [2.24, 2.45) is 0 Å². The Kier molecular flexibility index (Phi) is 1.75. The second-order valence-corrected chi connectivity index (χ2v) is 1.61. The van der Waals surface area contributed by atoms with Gasteiger partial charge in [-0.3, -0.25) is 0 Å². The summed E-state index contributed by atoms with van der Waals surface area (Å²) in [5.74, 6) is -1.02. The summed E-state index contributed by atoms with van der Waals surface area (Å²) < 4.78 is 12.4. The van der Waals surface area contributed by atoms with E-state index in [9.17, 15) is 4.39 Å². The zero-order valence-electron chi connectivity index (χ0n) is 5.24. The molecule has 1 aromatic heterocycles. The maximum Gasteiger partial charge on any atom is 0.233 e. The van der Waals surface area contributed by atoms with Crippen LogP contribution in [0.3, 0.4) is 0 Å². The first-order valence-corrected chi connectivity index (χ1v) is 2.60. The SMILES string of the molecule is N#Cc1ncc(F)c(C#N)n1. The molecule has 1 aromatic rings. The number of hydrogen-bond donors (Lipinski definition) is 0. The molecule has 0 N–H and O–H groups in total. The second kappa shape index (κ2) is 2.72. The number of nitrogens with zero attached hydrogens (tertiary/aromatic N) is 4. The van der Waals surface area contributed by atoms with Crippen molar-refractivity contribution in [3.8, 4) is 12.1 Å². The Balaban J connectivity index is 3.29. The zero-order chi connectivity index (χ0) is 8.27. The van der Waals surface area contributed by atoms with Gasteiger partial charge in [0.2, 0.25) is 5.82 Å². The smallest absolute Gasteiger partial charge is 0.224 e. The summed E-state index contributed by atoms with van der Waals surface area (Å²) in [5, 5.41) is 16.5. The van der Waals surface area contributed by atoms with Gasteiger partial charge < -0.3 is 0 Å². The first-order valence-electron chi connectivity index (χ1n) is 2.60. The van der Waals surface area contributed by atoms with E-state index in [4.69, 9.17) is 10.5 Å². The van der Waals surface area contributed by atoms with Crippen LogP contribution < -0.4 is 0 Å². The van der Waals surface area contributed by atoms with Gasteiger partial charge in [0.15, 0.2) is 11.5 Å². The fourth-order valence-electron chi connectivity index (χ4n) is 0.499. The van der Waals surface area contributed by atoms with E-state index >= 15 is 0 Å². The molecule has 0 aliphatic rings. The molecule has 0 fully saturated rings. The Morgan fingerprint density at radius 2 is 2.09 bits per heavy atom. The molecule has 0 spiro atoms. The van der Waals surface area contributed by atoms with Crippen LogP contribution in [0.4, 0.5) is 4.39 Å². The maximum absolute atomic E-state index is 12.4. The van der Waals surface area contributed by atoms with Crippen molar-refractivity contribution < 1.29 is 4.39 Å². The molecule has 0 saturated heterocycles. The standard InChI is InChI=1S/C6HFN4/c7-4-3-10-6(2-9)11-5(4)1-8/h3H. The highest BCUT2D eigenvalue weighted by Crippen LogP contribution is 1.99. The van der Waals surface area contributed by atoms with Crippen LogP contribution >= 0.6 is 0 Å². The monoisotopic (exact) mass is 148 g/mol. The predicted octanol–water partition coefficient (Wildman–Crippen LogP) is 0.359. The van der Waals surface area contributed by atoms with Crippen molar-refractivity contribution in [1.29, 1.82) is 10.5 Å². The molecule has 0 aliphatic heterocycles. The molecule has 0 aliphatic carbocycles. The maximum atomic E-state index is 12.4. The van der Waals surface area contributed by atoms with Gasteiger partial charge in [-0.2, -0.15) is 10.5 Å². The number of aromatic nitrogens is 2. The largest absolute Gasteiger partial charge is 0.233 e. The van der Waals surface area contributed by atoms with Gasteiger partial charge in [0.25, 0.3) is 0 Å². The van der Waals surface area contributed by atoms with Gasteiger partial charge in [-0.25, -0.2) is 14.4 Å². The molecule has 4 nitrogen and oxygen atoms in total. The minimum absolute atomic E-state index is 0.206. The minimum Gasteiger partial charge on any atom is -0.224 e. The first kappa shape index (κ1) is 7.10. The molecule has 0 aromatic carbocycles. The minimum atomic E-state index is -0.813. The van der Waals surface area contributed by atoms with E-state index in [1.54, 1.807) is 6.07 Å². The van der Waals surface area contributed by atoms with Crippen LogP contribution in [-0.4, -0.2) is 9.97 Å². The summed E-state index contributed by atoms with van der Waals surface area (Å²) >= 11 is 0. The fourth-order valence-corrected chi connectivity index (χ4v) is 0.499. The van der Waals surface area contributed by atoms with Crippen LogP contribution in [0.15, 0.2) is 6.20 Å². The van der Waals surface area contributed by atoms with Crippen molar-refractivity contribution in [2.75, 3.05) is 0 Å². The van der Waals surface area contributed by atoms with Gasteiger partial charge in [-0.05, 0) is 0 Å². The van der Waals surface area contributed by atoms with Crippen molar-refractivity contribution >= 4 is 0 Å². The van der Waals surface area contributed by atoms with Gasteiger partial charge >= 0.3 is 0 Å². The van der Waals surface area contributed by atoms with Crippen LogP contribution in [0.25, 0.3) is 0 Å². The van der Waals surface area contributed by atoms with Crippen LogP contribution in [-0.2, 0) is 0 Å². The highest BCUT2D eigenvalue weighted by Gasteiger charge is 2.03. The molecule has 0 unspecified atom stereocenters. The lowest BCUT2D eigenvalue weighted by Crippen LogP contribution is -1.95. The summed E-state index contributed by atoms with van der Waals surface area (Å²) in [5.41, 5.74) is -0.406. The van der Waals surface area contributed by atoms with Gasteiger partial charge in [0, 0.05) is 0 Å². The number of halogens is 1. The third-order valence-corrected chi connectivity index (χ3v) is 0.950. The zero-order valence-corrected chi connectivity index (χ0v) is 5.24. The van der Waals surface area contributed by atoms with Crippen LogP contribution in [0.1, 0.15) is 11.5 Å². The van der Waals surface area contributed by atoms with E-state index < -0.39 is 11.5 Å². The van der Waals surface area contributed by atoms with E-state index in [2.05, 4.69) is 9.97 Å². The van der Waals surface area contributed by atoms with Crippen LogP contribution in [0, 0.1) is 28.5 Å². The highest BCUT2D eigenvalue weighted by molar-refractivity contribution is 5.23. The predicted molar refractivity (Wildman–Crippen MR) is 31.4 cm³/mol. The quantitative estimate of drug-likeness (QED) is 0.532.